The molecule has 2 aromatic rings. The van der Waals surface area contributed by atoms with Crippen molar-refractivity contribution in [3.63, 3.8) is 0 Å². The molecule has 1 aromatic heterocycles. The number of carbonyl (C=O) groups is 2. The molecular weight excluding hydrogens is 524 g/mol. The zero-order valence-electron chi connectivity index (χ0n) is 24.3. The third kappa shape index (κ3) is 5.69. The number of aliphatic hydroxyl groups excluding tert-OH is 1. The number of nitrogens with one attached hydrogen (secondary N) is 1. The summed E-state index contributed by atoms with van der Waals surface area (Å²) >= 11 is 0. The summed E-state index contributed by atoms with van der Waals surface area (Å²) in [5, 5.41) is 14.2. The number of amides is 2. The van der Waals surface area contributed by atoms with E-state index in [1.165, 1.54) is 4.57 Å². The number of piperazine rings is 1. The number of piperidine rings is 1. The molecule has 1 aromatic carbocycles. The highest BCUT2D eigenvalue weighted by molar-refractivity contribution is 5.89. The van der Waals surface area contributed by atoms with Gasteiger partial charge in [-0.15, -0.1) is 0 Å². The number of benzene rings is 1. The Kier molecular flexibility index (Phi) is 8.22. The summed E-state index contributed by atoms with van der Waals surface area (Å²) in [6, 6.07) is 7.65. The number of aromatic nitrogens is 2. The SMILES string of the molecule is CC(C)n1c(=O)n(C(=O)N[C@@H]2C[C@H]3CC[C@@H](C2)N3CC(O)CN2CCN(C(=O)C3CCCO3)CC2)c2ccccc21. The predicted octanol–water partition coefficient (Wildman–Crippen LogP) is 1.62. The molecule has 4 saturated heterocycles. The van der Waals surface area contributed by atoms with E-state index < -0.39 is 6.10 Å². The van der Waals surface area contributed by atoms with E-state index in [9.17, 15) is 19.5 Å². The molecule has 0 radical (unpaired) electrons. The standard InChI is InChI=1S/C30H44N6O5/c1-20(2)35-25-6-3-4-7-26(25)36(30(35)40)29(39)31-21-16-22-9-10-23(17-21)34(22)19-24(37)18-32-11-13-33(14-12-32)28(38)27-8-5-15-41-27/h3-4,6-7,20-24,27,37H,5,8-19H2,1-2H3,(H,31,39)/t21-,22-,23+,24?,27?. The summed E-state index contributed by atoms with van der Waals surface area (Å²) in [6.45, 7) is 8.69. The molecule has 0 spiro atoms. The lowest BCUT2D eigenvalue weighted by molar-refractivity contribution is -0.142. The Hall–Kier alpha value is -2.73. The summed E-state index contributed by atoms with van der Waals surface area (Å²) in [5.74, 6) is 0.116. The van der Waals surface area contributed by atoms with Crippen molar-refractivity contribution in [2.75, 3.05) is 45.9 Å². The van der Waals surface area contributed by atoms with Crippen molar-refractivity contribution >= 4 is 23.0 Å². The smallest absolute Gasteiger partial charge is 0.337 e. The van der Waals surface area contributed by atoms with E-state index in [2.05, 4.69) is 15.1 Å². The van der Waals surface area contributed by atoms with E-state index in [1.54, 1.807) is 4.57 Å². The quantitative estimate of drug-likeness (QED) is 0.522. The summed E-state index contributed by atoms with van der Waals surface area (Å²) < 4.78 is 8.51. The summed E-state index contributed by atoms with van der Waals surface area (Å²) in [5.41, 5.74) is 1.09. The van der Waals surface area contributed by atoms with Crippen molar-refractivity contribution in [1.82, 2.24) is 29.2 Å². The number of imidazole rings is 1. The number of aliphatic hydroxyl groups is 1. The minimum absolute atomic E-state index is 0.00378. The van der Waals surface area contributed by atoms with Gasteiger partial charge in [0.05, 0.1) is 17.1 Å². The lowest BCUT2D eigenvalue weighted by Crippen LogP contribution is -2.56. The van der Waals surface area contributed by atoms with Crippen molar-refractivity contribution in [3.8, 4) is 0 Å². The maximum atomic E-state index is 13.4. The molecule has 4 fully saturated rings. The number of rotatable bonds is 7. The van der Waals surface area contributed by atoms with E-state index in [4.69, 9.17) is 4.74 Å². The second-order valence-electron chi connectivity index (χ2n) is 12.6. The molecule has 2 amide bonds. The number of nitrogens with zero attached hydrogens (tertiary/aromatic N) is 5. The number of para-hydroxylation sites is 2. The third-order valence-corrected chi connectivity index (χ3v) is 9.49. The van der Waals surface area contributed by atoms with E-state index in [0.717, 1.165) is 57.1 Å². The van der Waals surface area contributed by atoms with Gasteiger partial charge in [-0.05, 0) is 64.5 Å². The van der Waals surface area contributed by atoms with Gasteiger partial charge in [-0.25, -0.2) is 14.2 Å². The number of ether oxygens (including phenoxy) is 1. The summed E-state index contributed by atoms with van der Waals surface area (Å²) in [6.07, 6.45) is 4.79. The van der Waals surface area contributed by atoms with E-state index in [0.29, 0.717) is 50.4 Å². The van der Waals surface area contributed by atoms with Crippen LogP contribution in [0.3, 0.4) is 0 Å². The number of fused-ring (bicyclic) bond motifs is 3. The molecule has 2 bridgehead atoms. The fraction of sp³-hybridized carbons (Fsp3) is 0.700. The zero-order valence-corrected chi connectivity index (χ0v) is 24.3. The molecule has 5 heterocycles. The first-order chi connectivity index (χ1) is 19.8. The number of β-amino-alcohol motifs (C(OH)–C–C–N with tert-alkyl or cyclic N) is 1. The Morgan fingerprint density at radius 1 is 1.00 bits per heavy atom. The molecule has 2 unspecified atom stereocenters. The molecule has 224 valence electrons. The van der Waals surface area contributed by atoms with Gasteiger partial charge in [-0.3, -0.25) is 19.2 Å². The van der Waals surface area contributed by atoms with Crippen molar-refractivity contribution in [3.05, 3.63) is 34.7 Å². The van der Waals surface area contributed by atoms with Crippen LogP contribution in [0.4, 0.5) is 4.79 Å². The van der Waals surface area contributed by atoms with Gasteiger partial charge < -0.3 is 20.1 Å². The van der Waals surface area contributed by atoms with Crippen LogP contribution in [-0.2, 0) is 9.53 Å². The van der Waals surface area contributed by atoms with Crippen LogP contribution in [0.25, 0.3) is 11.0 Å². The van der Waals surface area contributed by atoms with Gasteiger partial charge in [0, 0.05) is 70.0 Å². The van der Waals surface area contributed by atoms with E-state index >= 15 is 0 Å². The van der Waals surface area contributed by atoms with Crippen molar-refractivity contribution in [2.24, 2.45) is 0 Å². The zero-order chi connectivity index (χ0) is 28.7. The number of hydrogen-bond donors (Lipinski definition) is 2. The Morgan fingerprint density at radius 3 is 2.32 bits per heavy atom. The van der Waals surface area contributed by atoms with Gasteiger partial charge in [-0.1, -0.05) is 12.1 Å². The lowest BCUT2D eigenvalue weighted by Gasteiger charge is -2.41. The molecular formula is C30H44N6O5. The molecule has 4 aliphatic rings. The highest BCUT2D eigenvalue weighted by Crippen LogP contribution is 2.36. The molecule has 0 saturated carbocycles. The second kappa shape index (κ2) is 11.9. The summed E-state index contributed by atoms with van der Waals surface area (Å²) in [7, 11) is 0. The molecule has 4 aliphatic heterocycles. The average molecular weight is 569 g/mol. The fourth-order valence-electron chi connectivity index (χ4n) is 7.52. The lowest BCUT2D eigenvalue weighted by atomic mass is 9.97. The van der Waals surface area contributed by atoms with Crippen molar-refractivity contribution < 1.29 is 19.4 Å². The van der Waals surface area contributed by atoms with Gasteiger partial charge in [0.15, 0.2) is 0 Å². The Bertz CT molecular complexity index is 1290. The number of hydrogen-bond acceptors (Lipinski definition) is 7. The first-order valence-electron chi connectivity index (χ1n) is 15.4. The van der Waals surface area contributed by atoms with Crippen LogP contribution in [-0.4, -0.2) is 117 Å². The highest BCUT2D eigenvalue weighted by atomic mass is 16.5. The van der Waals surface area contributed by atoms with E-state index in [-0.39, 0.29) is 35.8 Å². The van der Waals surface area contributed by atoms with Crippen molar-refractivity contribution in [1.29, 1.82) is 0 Å². The maximum absolute atomic E-state index is 13.4. The topological polar surface area (TPSA) is 112 Å². The summed E-state index contributed by atoms with van der Waals surface area (Å²) in [4.78, 5) is 45.8. The van der Waals surface area contributed by atoms with Gasteiger partial charge in [0.1, 0.15) is 6.10 Å². The average Bonchev–Trinajstić information content (AvgIpc) is 3.64. The van der Waals surface area contributed by atoms with Crippen LogP contribution >= 0.6 is 0 Å². The monoisotopic (exact) mass is 568 g/mol. The van der Waals surface area contributed by atoms with Gasteiger partial charge in [-0.2, -0.15) is 0 Å². The molecule has 0 aliphatic carbocycles. The first-order valence-corrected chi connectivity index (χ1v) is 15.4. The van der Waals surface area contributed by atoms with Gasteiger partial charge >= 0.3 is 11.7 Å². The molecule has 6 rings (SSSR count). The predicted molar refractivity (Wildman–Crippen MR) is 155 cm³/mol. The highest BCUT2D eigenvalue weighted by Gasteiger charge is 2.42. The van der Waals surface area contributed by atoms with Crippen LogP contribution in [0.2, 0.25) is 0 Å². The Morgan fingerprint density at radius 2 is 1.68 bits per heavy atom. The Balaban J connectivity index is 1.01. The van der Waals surface area contributed by atoms with Crippen LogP contribution in [0, 0.1) is 0 Å². The van der Waals surface area contributed by atoms with Crippen LogP contribution in [0.5, 0.6) is 0 Å². The molecule has 11 heteroatoms. The second-order valence-corrected chi connectivity index (χ2v) is 12.6. The van der Waals surface area contributed by atoms with Gasteiger partial charge in [0.2, 0.25) is 0 Å². The first kappa shape index (κ1) is 28.4. The van der Waals surface area contributed by atoms with Crippen molar-refractivity contribution in [2.45, 2.75) is 88.7 Å². The van der Waals surface area contributed by atoms with Crippen LogP contribution in [0.15, 0.2) is 29.1 Å². The third-order valence-electron chi connectivity index (χ3n) is 9.49. The normalized spacial score (nSPS) is 28.0. The maximum Gasteiger partial charge on any atom is 0.337 e. The number of carbonyl (C=O) groups excluding carboxylic acids is 2. The fourth-order valence-corrected chi connectivity index (χ4v) is 7.52. The minimum atomic E-state index is -0.467. The van der Waals surface area contributed by atoms with Gasteiger partial charge in [0.25, 0.3) is 5.91 Å². The van der Waals surface area contributed by atoms with Crippen LogP contribution < -0.4 is 11.0 Å². The van der Waals surface area contributed by atoms with E-state index in [1.807, 2.05) is 43.0 Å². The molecule has 41 heavy (non-hydrogen) atoms. The Labute approximate surface area is 241 Å². The molecule has 2 N–H and O–H groups in total. The molecule has 5 atom stereocenters. The largest absolute Gasteiger partial charge is 0.390 e. The molecule has 11 nitrogen and oxygen atoms in total. The minimum Gasteiger partial charge on any atom is -0.390 e. The van der Waals surface area contributed by atoms with Crippen LogP contribution in [0.1, 0.15) is 58.4 Å².